The Hall–Kier alpha value is -1.75. The zero-order valence-electron chi connectivity index (χ0n) is 9.24. The number of carbonyl (C=O) groups excluding carboxylic acids is 1. The van der Waals surface area contributed by atoms with Crippen LogP contribution in [0.5, 0.6) is 0 Å². The number of thiazole rings is 1. The van der Waals surface area contributed by atoms with E-state index in [0.717, 1.165) is 10.6 Å². The predicted octanol–water partition coefficient (Wildman–Crippen LogP) is 2.52. The molecule has 0 aliphatic carbocycles. The Kier molecular flexibility index (Phi) is 3.49. The number of aromatic nitrogens is 1. The lowest BCUT2D eigenvalue weighted by molar-refractivity contribution is 0.0955. The third-order valence-electron chi connectivity index (χ3n) is 2.21. The molecule has 3 nitrogen and oxygen atoms in total. The second kappa shape index (κ2) is 5.05. The quantitative estimate of drug-likeness (QED) is 0.909. The summed E-state index contributed by atoms with van der Waals surface area (Å²) in [4.78, 5) is 16.3. The summed E-state index contributed by atoms with van der Waals surface area (Å²) in [5, 5.41) is 3.62. The minimum atomic E-state index is -0.279. The first-order valence-corrected chi connectivity index (χ1v) is 5.92. The van der Waals surface area contributed by atoms with Gasteiger partial charge in [-0.15, -0.1) is 11.3 Å². The molecule has 88 valence electrons. The van der Waals surface area contributed by atoms with Crippen LogP contribution in [0, 0.1) is 12.7 Å². The summed E-state index contributed by atoms with van der Waals surface area (Å²) in [6.45, 7) is 2.23. The summed E-state index contributed by atoms with van der Waals surface area (Å²) in [6.07, 6.45) is 1.56. The summed E-state index contributed by atoms with van der Waals surface area (Å²) >= 11 is 1.35. The minimum Gasteiger partial charge on any atom is -0.347 e. The van der Waals surface area contributed by atoms with Gasteiger partial charge in [-0.3, -0.25) is 4.79 Å². The van der Waals surface area contributed by atoms with Gasteiger partial charge in [-0.05, 0) is 24.6 Å². The van der Waals surface area contributed by atoms with Gasteiger partial charge in [-0.25, -0.2) is 9.37 Å². The van der Waals surface area contributed by atoms with Crippen molar-refractivity contribution in [3.05, 3.63) is 51.7 Å². The number of halogens is 1. The molecule has 0 radical (unpaired) electrons. The highest BCUT2D eigenvalue weighted by molar-refractivity contribution is 7.13. The van der Waals surface area contributed by atoms with Crippen LogP contribution >= 0.6 is 11.3 Å². The number of benzene rings is 1. The molecule has 0 fully saturated rings. The smallest absolute Gasteiger partial charge is 0.263 e. The minimum absolute atomic E-state index is 0.153. The highest BCUT2D eigenvalue weighted by Crippen LogP contribution is 2.11. The van der Waals surface area contributed by atoms with Gasteiger partial charge in [-0.1, -0.05) is 12.1 Å². The maximum atomic E-state index is 12.7. The van der Waals surface area contributed by atoms with Gasteiger partial charge in [-0.2, -0.15) is 0 Å². The summed E-state index contributed by atoms with van der Waals surface area (Å²) in [5.74, 6) is -0.432. The van der Waals surface area contributed by atoms with Gasteiger partial charge in [0.25, 0.3) is 5.91 Å². The van der Waals surface area contributed by atoms with Crippen LogP contribution in [0.1, 0.15) is 20.2 Å². The number of nitrogens with zero attached hydrogens (tertiary/aromatic N) is 1. The molecule has 1 aromatic heterocycles. The number of hydrogen-bond acceptors (Lipinski definition) is 3. The molecule has 0 atom stereocenters. The van der Waals surface area contributed by atoms with Gasteiger partial charge in [0.2, 0.25) is 0 Å². The van der Waals surface area contributed by atoms with E-state index in [1.165, 1.54) is 23.5 Å². The maximum absolute atomic E-state index is 12.7. The van der Waals surface area contributed by atoms with Crippen molar-refractivity contribution in [1.29, 1.82) is 0 Å². The highest BCUT2D eigenvalue weighted by atomic mass is 32.1. The van der Waals surface area contributed by atoms with E-state index in [1.807, 2.05) is 6.92 Å². The molecular formula is C12H11FN2OS. The average molecular weight is 250 g/mol. The molecule has 2 aromatic rings. The molecule has 1 amide bonds. The van der Waals surface area contributed by atoms with Crippen molar-refractivity contribution in [2.75, 3.05) is 0 Å². The molecule has 0 spiro atoms. The number of hydrogen-bond donors (Lipinski definition) is 1. The van der Waals surface area contributed by atoms with Gasteiger partial charge in [0.05, 0.1) is 11.2 Å². The van der Waals surface area contributed by atoms with Gasteiger partial charge in [0.1, 0.15) is 10.7 Å². The normalized spacial score (nSPS) is 10.2. The second-order valence-electron chi connectivity index (χ2n) is 3.55. The fraction of sp³-hybridized carbons (Fsp3) is 0.167. The Labute approximate surface area is 102 Å². The molecule has 1 N–H and O–H groups in total. The fourth-order valence-electron chi connectivity index (χ4n) is 1.34. The number of amides is 1. The molecule has 0 unspecified atom stereocenters. The van der Waals surface area contributed by atoms with Crippen molar-refractivity contribution in [1.82, 2.24) is 10.3 Å². The molecule has 17 heavy (non-hydrogen) atoms. The third kappa shape index (κ3) is 3.10. The van der Waals surface area contributed by atoms with E-state index in [1.54, 1.807) is 18.3 Å². The number of aryl methyl sites for hydroxylation is 1. The van der Waals surface area contributed by atoms with Crippen LogP contribution in [0.2, 0.25) is 0 Å². The molecule has 0 aliphatic heterocycles. The van der Waals surface area contributed by atoms with Crippen LogP contribution < -0.4 is 5.32 Å². The second-order valence-corrected chi connectivity index (χ2v) is 4.79. The molecular weight excluding hydrogens is 239 g/mol. The molecule has 2 rings (SSSR count). The lowest BCUT2D eigenvalue weighted by Gasteiger charge is -2.03. The Morgan fingerprint density at radius 1 is 1.41 bits per heavy atom. The standard InChI is InChI=1S/C12H11FN2OS/c1-8-14-7-11(17-8)12(16)15-6-9-2-4-10(13)5-3-9/h2-5,7H,6H2,1H3,(H,15,16). The van der Waals surface area contributed by atoms with Crippen molar-refractivity contribution in [2.24, 2.45) is 0 Å². The first-order chi connectivity index (χ1) is 8.15. The van der Waals surface area contributed by atoms with Crippen LogP contribution in [-0.4, -0.2) is 10.9 Å². The Bertz CT molecular complexity index is 522. The lowest BCUT2D eigenvalue weighted by Crippen LogP contribution is -2.21. The number of nitrogens with one attached hydrogen (secondary N) is 1. The molecule has 0 aliphatic rings. The molecule has 0 saturated carbocycles. The predicted molar refractivity (Wildman–Crippen MR) is 64.4 cm³/mol. The van der Waals surface area contributed by atoms with E-state index < -0.39 is 0 Å². The van der Waals surface area contributed by atoms with E-state index in [-0.39, 0.29) is 11.7 Å². The SMILES string of the molecule is Cc1ncc(C(=O)NCc2ccc(F)cc2)s1. The van der Waals surface area contributed by atoms with E-state index in [4.69, 9.17) is 0 Å². The fourth-order valence-corrected chi connectivity index (χ4v) is 2.03. The van der Waals surface area contributed by atoms with Crippen LogP contribution in [0.15, 0.2) is 30.5 Å². The number of rotatable bonds is 3. The summed E-state index contributed by atoms with van der Waals surface area (Å²) in [5.41, 5.74) is 0.862. The third-order valence-corrected chi connectivity index (χ3v) is 3.12. The zero-order chi connectivity index (χ0) is 12.3. The van der Waals surface area contributed by atoms with Crippen molar-refractivity contribution >= 4 is 17.2 Å². The lowest BCUT2D eigenvalue weighted by atomic mass is 10.2. The van der Waals surface area contributed by atoms with E-state index >= 15 is 0 Å². The van der Waals surface area contributed by atoms with Gasteiger partial charge >= 0.3 is 0 Å². The Morgan fingerprint density at radius 2 is 2.12 bits per heavy atom. The Morgan fingerprint density at radius 3 is 2.71 bits per heavy atom. The van der Waals surface area contributed by atoms with Crippen LogP contribution in [0.4, 0.5) is 4.39 Å². The molecule has 0 saturated heterocycles. The van der Waals surface area contributed by atoms with Gasteiger partial charge < -0.3 is 5.32 Å². The highest BCUT2D eigenvalue weighted by Gasteiger charge is 2.08. The first-order valence-electron chi connectivity index (χ1n) is 5.10. The monoisotopic (exact) mass is 250 g/mol. The van der Waals surface area contributed by atoms with Crippen LogP contribution in [0.3, 0.4) is 0 Å². The molecule has 1 aromatic carbocycles. The number of carbonyl (C=O) groups is 1. The van der Waals surface area contributed by atoms with Crippen molar-refractivity contribution in [3.63, 3.8) is 0 Å². The zero-order valence-corrected chi connectivity index (χ0v) is 10.1. The maximum Gasteiger partial charge on any atom is 0.263 e. The van der Waals surface area contributed by atoms with E-state index in [2.05, 4.69) is 10.3 Å². The van der Waals surface area contributed by atoms with Crippen LogP contribution in [-0.2, 0) is 6.54 Å². The van der Waals surface area contributed by atoms with Gasteiger partial charge in [0, 0.05) is 6.54 Å². The van der Waals surface area contributed by atoms with Gasteiger partial charge in [0.15, 0.2) is 0 Å². The largest absolute Gasteiger partial charge is 0.347 e. The topological polar surface area (TPSA) is 42.0 Å². The van der Waals surface area contributed by atoms with E-state index in [9.17, 15) is 9.18 Å². The molecule has 0 bridgehead atoms. The Balaban J connectivity index is 1.94. The van der Waals surface area contributed by atoms with E-state index in [0.29, 0.717) is 11.4 Å². The van der Waals surface area contributed by atoms with Crippen molar-refractivity contribution in [3.8, 4) is 0 Å². The first kappa shape index (κ1) is 11.7. The summed E-state index contributed by atoms with van der Waals surface area (Å²) < 4.78 is 12.7. The summed E-state index contributed by atoms with van der Waals surface area (Å²) in [7, 11) is 0. The average Bonchev–Trinajstić information content (AvgIpc) is 2.75. The molecule has 5 heteroatoms. The van der Waals surface area contributed by atoms with Crippen molar-refractivity contribution < 1.29 is 9.18 Å². The summed E-state index contributed by atoms with van der Waals surface area (Å²) in [6, 6.07) is 6.04. The van der Waals surface area contributed by atoms with Crippen molar-refractivity contribution in [2.45, 2.75) is 13.5 Å². The van der Waals surface area contributed by atoms with Crippen LogP contribution in [0.25, 0.3) is 0 Å². The molecule has 1 heterocycles.